The highest BCUT2D eigenvalue weighted by Crippen LogP contribution is 2.21. The molecule has 3 nitrogen and oxygen atoms in total. The Bertz CT molecular complexity index is 372. The molecule has 0 bridgehead atoms. The van der Waals surface area contributed by atoms with Gasteiger partial charge in [-0.15, -0.1) is 0 Å². The summed E-state index contributed by atoms with van der Waals surface area (Å²) in [5, 5.41) is 8.93. The van der Waals surface area contributed by atoms with Gasteiger partial charge in [-0.25, -0.2) is 4.79 Å². The van der Waals surface area contributed by atoms with Gasteiger partial charge in [0, 0.05) is 11.1 Å². The van der Waals surface area contributed by atoms with Crippen molar-refractivity contribution >= 4 is 23.6 Å². The maximum Gasteiger partial charge on any atom is 0.328 e. The van der Waals surface area contributed by atoms with Crippen LogP contribution in [0, 0.1) is 0 Å². The molecule has 0 amide bonds. The molecule has 0 saturated heterocycles. The van der Waals surface area contributed by atoms with Gasteiger partial charge < -0.3 is 9.84 Å². The molecule has 0 aliphatic heterocycles. The lowest BCUT2D eigenvalue weighted by Crippen LogP contribution is -1.87. The number of rotatable bonds is 3. The maximum atomic E-state index is 10.3. The fourth-order valence-electron chi connectivity index (χ4n) is 0.966. The molecule has 0 unspecified atom stereocenters. The highest BCUT2D eigenvalue weighted by Gasteiger charge is 1.97. The minimum atomic E-state index is -0.996. The van der Waals surface area contributed by atoms with Crippen LogP contribution in [0.4, 0.5) is 0 Å². The van der Waals surface area contributed by atoms with Crippen LogP contribution < -0.4 is 4.74 Å². The highest BCUT2D eigenvalue weighted by molar-refractivity contribution is 6.30. The zero-order valence-corrected chi connectivity index (χ0v) is 8.28. The molecule has 0 spiro atoms. The van der Waals surface area contributed by atoms with Crippen LogP contribution in [0.1, 0.15) is 5.56 Å². The van der Waals surface area contributed by atoms with Crippen molar-refractivity contribution in [2.75, 3.05) is 7.11 Å². The molecule has 1 aromatic carbocycles. The first-order valence-corrected chi connectivity index (χ1v) is 4.25. The van der Waals surface area contributed by atoms with Crippen molar-refractivity contribution in [1.29, 1.82) is 0 Å². The normalized spacial score (nSPS) is 10.4. The third kappa shape index (κ3) is 3.11. The molecule has 14 heavy (non-hydrogen) atoms. The predicted molar refractivity (Wildman–Crippen MR) is 54.7 cm³/mol. The van der Waals surface area contributed by atoms with Gasteiger partial charge in [-0.05, 0) is 29.8 Å². The van der Waals surface area contributed by atoms with Crippen molar-refractivity contribution in [2.24, 2.45) is 0 Å². The number of carbonyl (C=O) groups is 1. The Morgan fingerprint density at radius 1 is 1.50 bits per heavy atom. The largest absolute Gasteiger partial charge is 0.497 e. The van der Waals surface area contributed by atoms with E-state index in [4.69, 9.17) is 21.4 Å². The molecule has 1 N–H and O–H groups in total. The monoisotopic (exact) mass is 212 g/mol. The van der Waals surface area contributed by atoms with Crippen LogP contribution in [0.15, 0.2) is 24.3 Å². The van der Waals surface area contributed by atoms with E-state index < -0.39 is 5.97 Å². The van der Waals surface area contributed by atoms with E-state index in [-0.39, 0.29) is 0 Å². The van der Waals surface area contributed by atoms with E-state index in [1.54, 1.807) is 18.2 Å². The fraction of sp³-hybridized carbons (Fsp3) is 0.100. The molecule has 0 aliphatic carbocycles. The number of hydrogen-bond donors (Lipinski definition) is 1. The molecule has 1 rings (SSSR count). The zero-order valence-electron chi connectivity index (χ0n) is 7.53. The predicted octanol–water partition coefficient (Wildman–Crippen LogP) is 2.45. The number of carboxylic acid groups (broad SMARTS) is 1. The first kappa shape index (κ1) is 10.6. The zero-order chi connectivity index (χ0) is 10.6. The topological polar surface area (TPSA) is 46.5 Å². The van der Waals surface area contributed by atoms with Gasteiger partial charge >= 0.3 is 5.97 Å². The van der Waals surface area contributed by atoms with Crippen LogP contribution >= 0.6 is 11.6 Å². The van der Waals surface area contributed by atoms with E-state index in [9.17, 15) is 4.79 Å². The van der Waals surface area contributed by atoms with Gasteiger partial charge in [0.15, 0.2) is 0 Å². The number of aliphatic carboxylic acids is 1. The maximum absolute atomic E-state index is 10.3. The van der Waals surface area contributed by atoms with Gasteiger partial charge in [0.1, 0.15) is 5.75 Å². The van der Waals surface area contributed by atoms with E-state index in [1.807, 2.05) is 0 Å². The van der Waals surface area contributed by atoms with E-state index >= 15 is 0 Å². The molecule has 0 heterocycles. The van der Waals surface area contributed by atoms with Crippen LogP contribution in [0.25, 0.3) is 6.08 Å². The summed E-state index contributed by atoms with van der Waals surface area (Å²) in [7, 11) is 1.52. The highest BCUT2D eigenvalue weighted by atomic mass is 35.5. The number of ether oxygens (including phenoxy) is 1. The summed E-state index contributed by atoms with van der Waals surface area (Å²) < 4.78 is 4.98. The molecule has 1 aromatic rings. The Kier molecular flexibility index (Phi) is 3.54. The summed E-state index contributed by atoms with van der Waals surface area (Å²) in [6, 6.07) is 5.01. The van der Waals surface area contributed by atoms with Crippen molar-refractivity contribution in [3.05, 3.63) is 34.9 Å². The standard InChI is InChI=1S/C10H9ClO3/c1-14-9-5-7(2-3-10(12)13)4-8(11)6-9/h2-6H,1H3,(H,12,13). The average Bonchev–Trinajstić information content (AvgIpc) is 2.14. The number of carboxylic acids is 1. The molecule has 0 radical (unpaired) electrons. The minimum Gasteiger partial charge on any atom is -0.497 e. The quantitative estimate of drug-likeness (QED) is 0.783. The SMILES string of the molecule is COc1cc(Cl)cc(C=CC(=O)O)c1. The molecular formula is C10H9ClO3. The molecule has 0 fully saturated rings. The van der Waals surface area contributed by atoms with Crippen molar-refractivity contribution in [3.8, 4) is 5.75 Å². The molecule has 0 aliphatic rings. The second-order valence-corrected chi connectivity index (χ2v) is 3.03. The number of hydrogen-bond acceptors (Lipinski definition) is 2. The Morgan fingerprint density at radius 2 is 2.21 bits per heavy atom. The minimum absolute atomic E-state index is 0.509. The van der Waals surface area contributed by atoms with Gasteiger partial charge in [0.25, 0.3) is 0 Å². The first-order chi connectivity index (χ1) is 6.61. The summed E-state index contributed by atoms with van der Waals surface area (Å²) in [6.45, 7) is 0. The van der Waals surface area contributed by atoms with E-state index in [2.05, 4.69) is 0 Å². The van der Waals surface area contributed by atoms with Crippen LogP contribution in [-0.4, -0.2) is 18.2 Å². The molecule has 0 atom stereocenters. The third-order valence-corrected chi connectivity index (χ3v) is 1.77. The second-order valence-electron chi connectivity index (χ2n) is 2.60. The van der Waals surface area contributed by atoms with Crippen LogP contribution in [-0.2, 0) is 4.79 Å². The lowest BCUT2D eigenvalue weighted by Gasteiger charge is -2.01. The van der Waals surface area contributed by atoms with E-state index in [1.165, 1.54) is 13.2 Å². The third-order valence-electron chi connectivity index (χ3n) is 1.55. The summed E-state index contributed by atoms with van der Waals surface area (Å²) in [5.41, 5.74) is 0.691. The van der Waals surface area contributed by atoms with E-state index in [0.717, 1.165) is 6.08 Å². The van der Waals surface area contributed by atoms with Crippen molar-refractivity contribution in [2.45, 2.75) is 0 Å². The molecule has 0 saturated carbocycles. The average molecular weight is 213 g/mol. The van der Waals surface area contributed by atoms with Gasteiger partial charge in [0.2, 0.25) is 0 Å². The van der Waals surface area contributed by atoms with Gasteiger partial charge in [0.05, 0.1) is 7.11 Å². The van der Waals surface area contributed by atoms with Gasteiger partial charge in [-0.1, -0.05) is 11.6 Å². The second kappa shape index (κ2) is 4.67. The summed E-state index contributed by atoms with van der Waals surface area (Å²) in [4.78, 5) is 10.3. The smallest absolute Gasteiger partial charge is 0.328 e. The summed E-state index contributed by atoms with van der Waals surface area (Å²) in [6.07, 6.45) is 2.50. The van der Waals surface area contributed by atoms with Crippen LogP contribution in [0.2, 0.25) is 5.02 Å². The Balaban J connectivity index is 2.97. The number of halogens is 1. The van der Waals surface area contributed by atoms with Crippen LogP contribution in [0.5, 0.6) is 5.75 Å². The number of methoxy groups -OCH3 is 1. The molecule has 0 aromatic heterocycles. The van der Waals surface area contributed by atoms with Crippen molar-refractivity contribution < 1.29 is 14.6 Å². The summed E-state index contributed by atoms with van der Waals surface area (Å²) in [5.74, 6) is -0.397. The molecule has 74 valence electrons. The Morgan fingerprint density at radius 3 is 2.79 bits per heavy atom. The van der Waals surface area contributed by atoms with Gasteiger partial charge in [-0.3, -0.25) is 0 Å². The van der Waals surface area contributed by atoms with Crippen molar-refractivity contribution in [3.63, 3.8) is 0 Å². The fourth-order valence-corrected chi connectivity index (χ4v) is 1.20. The Hall–Kier alpha value is -1.48. The Labute approximate surface area is 86.6 Å². The first-order valence-electron chi connectivity index (χ1n) is 3.87. The summed E-state index contributed by atoms with van der Waals surface area (Å²) >= 11 is 5.78. The lowest BCUT2D eigenvalue weighted by atomic mass is 10.2. The number of benzene rings is 1. The molecule has 4 heteroatoms. The van der Waals surface area contributed by atoms with Crippen molar-refractivity contribution in [1.82, 2.24) is 0 Å². The van der Waals surface area contributed by atoms with Crippen LogP contribution in [0.3, 0.4) is 0 Å². The van der Waals surface area contributed by atoms with Gasteiger partial charge in [-0.2, -0.15) is 0 Å². The van der Waals surface area contributed by atoms with E-state index in [0.29, 0.717) is 16.3 Å². The molecular weight excluding hydrogens is 204 g/mol. The lowest BCUT2D eigenvalue weighted by molar-refractivity contribution is -0.131.